The molecule has 0 aromatic rings. The van der Waals surface area contributed by atoms with E-state index >= 15 is 0 Å². The third-order valence-corrected chi connectivity index (χ3v) is 2.96. The standard InChI is InChI=1S/C12H24N2O/c1-2-3-4-6-9-13-11-8-5-7-10-14-12(11)15/h11,13H,2-10H2,1H3,(H,14,15). The van der Waals surface area contributed by atoms with Gasteiger partial charge >= 0.3 is 0 Å². The van der Waals surface area contributed by atoms with E-state index in [4.69, 9.17) is 0 Å². The molecule has 3 nitrogen and oxygen atoms in total. The molecule has 2 N–H and O–H groups in total. The van der Waals surface area contributed by atoms with Gasteiger partial charge in [-0.1, -0.05) is 26.2 Å². The van der Waals surface area contributed by atoms with Gasteiger partial charge in [-0.3, -0.25) is 4.79 Å². The lowest BCUT2D eigenvalue weighted by atomic mass is 10.1. The first-order valence-corrected chi connectivity index (χ1v) is 6.35. The van der Waals surface area contributed by atoms with Crippen LogP contribution in [-0.2, 0) is 4.79 Å². The number of amides is 1. The lowest BCUT2D eigenvalue weighted by Gasteiger charge is -2.14. The van der Waals surface area contributed by atoms with Crippen LogP contribution in [0.1, 0.15) is 51.9 Å². The average Bonchev–Trinajstić information content (AvgIpc) is 2.44. The highest BCUT2D eigenvalue weighted by molar-refractivity contribution is 5.81. The Morgan fingerprint density at radius 3 is 3.00 bits per heavy atom. The summed E-state index contributed by atoms with van der Waals surface area (Å²) >= 11 is 0. The van der Waals surface area contributed by atoms with Crippen LogP contribution in [0.3, 0.4) is 0 Å². The van der Waals surface area contributed by atoms with Crippen molar-refractivity contribution >= 4 is 5.91 Å². The SMILES string of the molecule is CCCCCCNC1CCCCNC1=O. The Labute approximate surface area is 93.0 Å². The topological polar surface area (TPSA) is 41.1 Å². The van der Waals surface area contributed by atoms with E-state index in [1.165, 1.54) is 25.7 Å². The number of nitrogens with one attached hydrogen (secondary N) is 2. The summed E-state index contributed by atoms with van der Waals surface area (Å²) in [6.07, 6.45) is 8.32. The fraction of sp³-hybridized carbons (Fsp3) is 0.917. The van der Waals surface area contributed by atoms with E-state index in [1.807, 2.05) is 0 Å². The molecule has 0 aromatic carbocycles. The van der Waals surface area contributed by atoms with Gasteiger partial charge in [0, 0.05) is 6.54 Å². The van der Waals surface area contributed by atoms with Crippen LogP contribution in [0.5, 0.6) is 0 Å². The molecule has 88 valence electrons. The predicted octanol–water partition coefficient (Wildman–Crippen LogP) is 1.82. The van der Waals surface area contributed by atoms with Gasteiger partial charge in [0.25, 0.3) is 0 Å². The van der Waals surface area contributed by atoms with Gasteiger partial charge < -0.3 is 10.6 Å². The molecular weight excluding hydrogens is 188 g/mol. The Bertz CT molecular complexity index is 182. The predicted molar refractivity (Wildman–Crippen MR) is 62.8 cm³/mol. The number of unbranched alkanes of at least 4 members (excludes halogenated alkanes) is 3. The summed E-state index contributed by atoms with van der Waals surface area (Å²) in [6, 6.07) is 0.0640. The monoisotopic (exact) mass is 212 g/mol. The molecule has 15 heavy (non-hydrogen) atoms. The third-order valence-electron chi connectivity index (χ3n) is 2.96. The molecule has 0 spiro atoms. The van der Waals surface area contributed by atoms with Gasteiger partial charge in [0.2, 0.25) is 5.91 Å². The molecule has 0 aliphatic carbocycles. The van der Waals surface area contributed by atoms with Crippen LogP contribution in [0.2, 0.25) is 0 Å². The van der Waals surface area contributed by atoms with Crippen LogP contribution in [0.25, 0.3) is 0 Å². The highest BCUT2D eigenvalue weighted by Gasteiger charge is 2.18. The second-order valence-electron chi connectivity index (χ2n) is 4.35. The van der Waals surface area contributed by atoms with E-state index in [2.05, 4.69) is 17.6 Å². The number of hydrogen-bond donors (Lipinski definition) is 2. The van der Waals surface area contributed by atoms with Crippen molar-refractivity contribution in [2.45, 2.75) is 57.9 Å². The van der Waals surface area contributed by atoms with E-state index in [1.54, 1.807) is 0 Å². The highest BCUT2D eigenvalue weighted by atomic mass is 16.2. The fourth-order valence-electron chi connectivity index (χ4n) is 1.96. The van der Waals surface area contributed by atoms with Crippen molar-refractivity contribution < 1.29 is 4.79 Å². The van der Waals surface area contributed by atoms with Crippen molar-refractivity contribution in [2.75, 3.05) is 13.1 Å². The first-order chi connectivity index (χ1) is 7.34. The van der Waals surface area contributed by atoms with Crippen molar-refractivity contribution in [3.05, 3.63) is 0 Å². The van der Waals surface area contributed by atoms with Gasteiger partial charge in [-0.05, 0) is 32.2 Å². The van der Waals surface area contributed by atoms with Crippen LogP contribution in [0.15, 0.2) is 0 Å². The number of carbonyl (C=O) groups is 1. The molecule has 1 atom stereocenters. The molecule has 1 aliphatic heterocycles. The Balaban J connectivity index is 2.10. The Hall–Kier alpha value is -0.570. The molecule has 0 aromatic heterocycles. The molecule has 0 bridgehead atoms. The molecule has 1 saturated heterocycles. The average molecular weight is 212 g/mol. The van der Waals surface area contributed by atoms with E-state index in [0.717, 1.165) is 32.4 Å². The van der Waals surface area contributed by atoms with Gasteiger partial charge in [-0.25, -0.2) is 0 Å². The van der Waals surface area contributed by atoms with Crippen molar-refractivity contribution in [1.29, 1.82) is 0 Å². The van der Waals surface area contributed by atoms with Crippen molar-refractivity contribution in [3.63, 3.8) is 0 Å². The number of rotatable bonds is 6. The second kappa shape index (κ2) is 7.69. The van der Waals surface area contributed by atoms with E-state index in [0.29, 0.717) is 0 Å². The summed E-state index contributed by atoms with van der Waals surface area (Å²) in [6.45, 7) is 4.05. The van der Waals surface area contributed by atoms with Gasteiger partial charge in [-0.2, -0.15) is 0 Å². The minimum absolute atomic E-state index is 0.0640. The van der Waals surface area contributed by atoms with Gasteiger partial charge in [0.15, 0.2) is 0 Å². The van der Waals surface area contributed by atoms with Gasteiger partial charge in [0.1, 0.15) is 0 Å². The smallest absolute Gasteiger partial charge is 0.237 e. The lowest BCUT2D eigenvalue weighted by molar-refractivity contribution is -0.122. The molecular formula is C12H24N2O. The molecule has 0 saturated carbocycles. The van der Waals surface area contributed by atoms with Crippen LogP contribution in [0, 0.1) is 0 Å². The molecule has 1 fully saturated rings. The minimum atomic E-state index is 0.0640. The number of hydrogen-bond acceptors (Lipinski definition) is 2. The van der Waals surface area contributed by atoms with Gasteiger partial charge in [0.05, 0.1) is 6.04 Å². The van der Waals surface area contributed by atoms with Crippen LogP contribution < -0.4 is 10.6 Å². The summed E-state index contributed by atoms with van der Waals surface area (Å²) in [4.78, 5) is 11.6. The summed E-state index contributed by atoms with van der Waals surface area (Å²) < 4.78 is 0. The molecule has 1 heterocycles. The lowest BCUT2D eigenvalue weighted by Crippen LogP contribution is -2.43. The van der Waals surface area contributed by atoms with Crippen molar-refractivity contribution in [1.82, 2.24) is 10.6 Å². The third kappa shape index (κ3) is 5.17. The second-order valence-corrected chi connectivity index (χ2v) is 4.35. The molecule has 0 radical (unpaired) electrons. The Morgan fingerprint density at radius 1 is 1.33 bits per heavy atom. The summed E-state index contributed by atoms with van der Waals surface area (Å²) in [7, 11) is 0. The molecule has 1 amide bonds. The number of carbonyl (C=O) groups excluding carboxylic acids is 1. The zero-order valence-corrected chi connectivity index (χ0v) is 9.85. The maximum atomic E-state index is 11.6. The van der Waals surface area contributed by atoms with Gasteiger partial charge in [-0.15, -0.1) is 0 Å². The van der Waals surface area contributed by atoms with Crippen LogP contribution >= 0.6 is 0 Å². The van der Waals surface area contributed by atoms with E-state index < -0.39 is 0 Å². The Kier molecular flexibility index (Phi) is 6.41. The zero-order chi connectivity index (χ0) is 10.9. The highest BCUT2D eigenvalue weighted by Crippen LogP contribution is 2.05. The summed E-state index contributed by atoms with van der Waals surface area (Å²) in [5, 5.41) is 6.30. The molecule has 1 aliphatic rings. The molecule has 1 rings (SSSR count). The summed E-state index contributed by atoms with van der Waals surface area (Å²) in [5.74, 6) is 0.197. The molecule has 3 heteroatoms. The minimum Gasteiger partial charge on any atom is -0.355 e. The van der Waals surface area contributed by atoms with Crippen LogP contribution in [0.4, 0.5) is 0 Å². The largest absolute Gasteiger partial charge is 0.355 e. The zero-order valence-electron chi connectivity index (χ0n) is 9.85. The first-order valence-electron chi connectivity index (χ1n) is 6.35. The fourth-order valence-corrected chi connectivity index (χ4v) is 1.96. The quantitative estimate of drug-likeness (QED) is 0.659. The van der Waals surface area contributed by atoms with Crippen LogP contribution in [-0.4, -0.2) is 25.0 Å². The van der Waals surface area contributed by atoms with E-state index in [9.17, 15) is 4.79 Å². The molecule has 1 unspecified atom stereocenters. The summed E-state index contributed by atoms with van der Waals surface area (Å²) in [5.41, 5.74) is 0. The normalized spacial score (nSPS) is 22.2. The Morgan fingerprint density at radius 2 is 2.20 bits per heavy atom. The maximum absolute atomic E-state index is 11.6. The first kappa shape index (κ1) is 12.5. The van der Waals surface area contributed by atoms with Crippen molar-refractivity contribution in [2.24, 2.45) is 0 Å². The van der Waals surface area contributed by atoms with Crippen molar-refractivity contribution in [3.8, 4) is 0 Å². The maximum Gasteiger partial charge on any atom is 0.237 e. The van der Waals surface area contributed by atoms with E-state index in [-0.39, 0.29) is 11.9 Å².